The first-order valence-corrected chi connectivity index (χ1v) is 7.52. The van der Waals surface area contributed by atoms with Crippen LogP contribution in [0.2, 0.25) is 0 Å². The molecule has 19 heavy (non-hydrogen) atoms. The zero-order valence-corrected chi connectivity index (χ0v) is 12.6. The van der Waals surface area contributed by atoms with E-state index in [1.807, 2.05) is 6.08 Å². The second-order valence-electron chi connectivity index (χ2n) is 4.83. The number of hydrogen-bond acceptors (Lipinski definition) is 2. The van der Waals surface area contributed by atoms with E-state index >= 15 is 0 Å². The number of nitrogens with one attached hydrogen (secondary N) is 1. The number of halogens is 2. The van der Waals surface area contributed by atoms with Gasteiger partial charge in [-0.15, -0.1) is 6.58 Å². The van der Waals surface area contributed by atoms with Crippen LogP contribution in [0.15, 0.2) is 35.3 Å². The monoisotopic (exact) mass is 326 g/mol. The van der Waals surface area contributed by atoms with Crippen molar-refractivity contribution in [3.63, 3.8) is 0 Å². The third kappa shape index (κ3) is 3.88. The molecule has 1 aromatic rings. The van der Waals surface area contributed by atoms with E-state index in [9.17, 15) is 4.39 Å². The smallest absolute Gasteiger partial charge is 0.123 e. The molecule has 0 saturated carbocycles. The first-order valence-electron chi connectivity index (χ1n) is 6.73. The molecule has 1 heterocycles. The molecule has 1 fully saturated rings. The van der Waals surface area contributed by atoms with Crippen molar-refractivity contribution >= 4 is 15.9 Å². The van der Waals surface area contributed by atoms with Crippen molar-refractivity contribution in [3.8, 4) is 0 Å². The van der Waals surface area contributed by atoms with Crippen LogP contribution in [0.3, 0.4) is 0 Å². The van der Waals surface area contributed by atoms with Gasteiger partial charge in [0.2, 0.25) is 0 Å². The van der Waals surface area contributed by atoms with Crippen molar-refractivity contribution in [2.45, 2.75) is 18.9 Å². The average molecular weight is 327 g/mol. The number of rotatable bonds is 5. The molecule has 104 valence electrons. The summed E-state index contributed by atoms with van der Waals surface area (Å²) in [5, 5.41) is 3.36. The van der Waals surface area contributed by atoms with Crippen LogP contribution in [0.1, 0.15) is 24.4 Å². The molecule has 0 unspecified atom stereocenters. The highest BCUT2D eigenvalue weighted by molar-refractivity contribution is 9.10. The second kappa shape index (κ2) is 7.17. The summed E-state index contributed by atoms with van der Waals surface area (Å²) in [4.78, 5) is 2.43. The van der Waals surface area contributed by atoms with Gasteiger partial charge < -0.3 is 5.32 Å². The molecule has 1 atom stereocenters. The molecule has 0 radical (unpaired) electrons. The summed E-state index contributed by atoms with van der Waals surface area (Å²) in [6.07, 6.45) is 3.85. The van der Waals surface area contributed by atoms with E-state index in [0.717, 1.165) is 49.1 Å². The van der Waals surface area contributed by atoms with Gasteiger partial charge in [0.1, 0.15) is 5.82 Å². The number of nitrogens with zero attached hydrogens (tertiary/aromatic N) is 1. The summed E-state index contributed by atoms with van der Waals surface area (Å²) in [7, 11) is 0. The summed E-state index contributed by atoms with van der Waals surface area (Å²) >= 11 is 3.55. The van der Waals surface area contributed by atoms with Crippen molar-refractivity contribution in [1.29, 1.82) is 0 Å². The van der Waals surface area contributed by atoms with E-state index in [1.165, 1.54) is 6.07 Å². The standard InChI is InChI=1S/C15H20BrFN2/c1-2-3-4-15(19-9-7-18-8-10-19)13-11-12(17)5-6-14(13)16/h2,5-6,11,15,18H,1,3-4,7-10H2/t15-/m1/s1. The van der Waals surface area contributed by atoms with E-state index in [0.29, 0.717) is 0 Å². The molecule has 0 amide bonds. The van der Waals surface area contributed by atoms with Gasteiger partial charge in [-0.25, -0.2) is 4.39 Å². The molecule has 4 heteroatoms. The summed E-state index contributed by atoms with van der Waals surface area (Å²) in [5.74, 6) is -0.170. The summed E-state index contributed by atoms with van der Waals surface area (Å²) in [5.41, 5.74) is 1.05. The van der Waals surface area contributed by atoms with Gasteiger partial charge in [-0.2, -0.15) is 0 Å². The predicted octanol–water partition coefficient (Wildman–Crippen LogP) is 3.50. The molecular formula is C15H20BrFN2. The molecule has 1 saturated heterocycles. The van der Waals surface area contributed by atoms with Crippen molar-refractivity contribution < 1.29 is 4.39 Å². The normalized spacial score (nSPS) is 18.2. The quantitative estimate of drug-likeness (QED) is 0.833. The molecule has 0 bridgehead atoms. The lowest BCUT2D eigenvalue weighted by atomic mass is 9.99. The SMILES string of the molecule is C=CCC[C@H](c1cc(F)ccc1Br)N1CCNCC1. The minimum atomic E-state index is -0.170. The Kier molecular flexibility index (Phi) is 5.55. The van der Waals surface area contributed by atoms with Crippen LogP contribution in [0.25, 0.3) is 0 Å². The highest BCUT2D eigenvalue weighted by atomic mass is 79.9. The van der Waals surface area contributed by atoms with E-state index in [1.54, 1.807) is 12.1 Å². The first-order chi connectivity index (χ1) is 9.22. The Hall–Kier alpha value is -0.710. The molecular weight excluding hydrogens is 307 g/mol. The minimum Gasteiger partial charge on any atom is -0.314 e. The highest BCUT2D eigenvalue weighted by Crippen LogP contribution is 2.32. The third-order valence-electron chi connectivity index (χ3n) is 3.55. The van der Waals surface area contributed by atoms with Crippen LogP contribution in [-0.4, -0.2) is 31.1 Å². The third-order valence-corrected chi connectivity index (χ3v) is 4.28. The van der Waals surface area contributed by atoms with Crippen molar-refractivity contribution in [2.75, 3.05) is 26.2 Å². The molecule has 2 rings (SSSR count). The van der Waals surface area contributed by atoms with E-state index in [4.69, 9.17) is 0 Å². The van der Waals surface area contributed by atoms with Gasteiger partial charge in [-0.3, -0.25) is 4.90 Å². The van der Waals surface area contributed by atoms with Gasteiger partial charge in [0.15, 0.2) is 0 Å². The molecule has 0 aromatic heterocycles. The number of piperazine rings is 1. The Morgan fingerprint density at radius 3 is 2.84 bits per heavy atom. The topological polar surface area (TPSA) is 15.3 Å². The Labute approximate surface area is 122 Å². The van der Waals surface area contributed by atoms with Gasteiger partial charge in [-0.1, -0.05) is 22.0 Å². The lowest BCUT2D eigenvalue weighted by Crippen LogP contribution is -2.45. The molecule has 1 aliphatic rings. The maximum absolute atomic E-state index is 13.5. The lowest BCUT2D eigenvalue weighted by Gasteiger charge is -2.35. The Balaban J connectivity index is 2.24. The number of allylic oxidation sites excluding steroid dienone is 1. The van der Waals surface area contributed by atoms with Crippen molar-refractivity contribution in [3.05, 3.63) is 46.7 Å². The van der Waals surface area contributed by atoms with Gasteiger partial charge in [-0.05, 0) is 36.6 Å². The maximum Gasteiger partial charge on any atom is 0.123 e. The van der Waals surface area contributed by atoms with Gasteiger partial charge >= 0.3 is 0 Å². The lowest BCUT2D eigenvalue weighted by molar-refractivity contribution is 0.165. The van der Waals surface area contributed by atoms with Crippen LogP contribution in [0, 0.1) is 5.82 Å². The van der Waals surface area contributed by atoms with Crippen LogP contribution in [0.4, 0.5) is 4.39 Å². The van der Waals surface area contributed by atoms with Crippen molar-refractivity contribution in [2.24, 2.45) is 0 Å². The first kappa shape index (κ1) is 14.7. The fraction of sp³-hybridized carbons (Fsp3) is 0.467. The molecule has 1 aliphatic heterocycles. The molecule has 1 aromatic carbocycles. The largest absolute Gasteiger partial charge is 0.314 e. The summed E-state index contributed by atoms with van der Waals surface area (Å²) in [6, 6.07) is 5.20. The van der Waals surface area contributed by atoms with Gasteiger partial charge in [0.25, 0.3) is 0 Å². The fourth-order valence-electron chi connectivity index (χ4n) is 2.57. The fourth-order valence-corrected chi connectivity index (χ4v) is 3.09. The summed E-state index contributed by atoms with van der Waals surface area (Å²) < 4.78 is 14.5. The number of benzene rings is 1. The highest BCUT2D eigenvalue weighted by Gasteiger charge is 2.23. The Morgan fingerprint density at radius 2 is 2.16 bits per heavy atom. The minimum absolute atomic E-state index is 0.170. The maximum atomic E-state index is 13.5. The molecule has 2 nitrogen and oxygen atoms in total. The van der Waals surface area contributed by atoms with E-state index < -0.39 is 0 Å². The van der Waals surface area contributed by atoms with Crippen LogP contribution >= 0.6 is 15.9 Å². The Morgan fingerprint density at radius 1 is 1.42 bits per heavy atom. The molecule has 0 aliphatic carbocycles. The van der Waals surface area contributed by atoms with E-state index in [-0.39, 0.29) is 11.9 Å². The number of hydrogen-bond donors (Lipinski definition) is 1. The van der Waals surface area contributed by atoms with Crippen molar-refractivity contribution in [1.82, 2.24) is 10.2 Å². The average Bonchev–Trinajstić information content (AvgIpc) is 2.44. The van der Waals surface area contributed by atoms with Gasteiger partial charge in [0, 0.05) is 36.7 Å². The zero-order valence-electron chi connectivity index (χ0n) is 11.0. The van der Waals surface area contributed by atoms with E-state index in [2.05, 4.69) is 32.7 Å². The van der Waals surface area contributed by atoms with Crippen LogP contribution in [-0.2, 0) is 0 Å². The Bertz CT molecular complexity index is 430. The zero-order chi connectivity index (χ0) is 13.7. The molecule has 1 N–H and O–H groups in total. The van der Waals surface area contributed by atoms with Gasteiger partial charge in [0.05, 0.1) is 0 Å². The van der Waals surface area contributed by atoms with Crippen LogP contribution < -0.4 is 5.32 Å². The second-order valence-corrected chi connectivity index (χ2v) is 5.69. The molecule has 0 spiro atoms. The summed E-state index contributed by atoms with van der Waals surface area (Å²) in [6.45, 7) is 7.80. The predicted molar refractivity (Wildman–Crippen MR) is 80.7 cm³/mol. The van der Waals surface area contributed by atoms with Crippen LogP contribution in [0.5, 0.6) is 0 Å².